The Kier molecular flexibility index (Phi) is 7.03. The molecule has 4 N–H and O–H groups in total. The predicted octanol–water partition coefficient (Wildman–Crippen LogP) is 2.08. The van der Waals surface area contributed by atoms with Gasteiger partial charge in [0.15, 0.2) is 0 Å². The minimum Gasteiger partial charge on any atom is -0.475 e. The minimum atomic E-state index is -5.08. The van der Waals surface area contributed by atoms with Gasteiger partial charge in [-0.3, -0.25) is 4.79 Å². The van der Waals surface area contributed by atoms with Crippen molar-refractivity contribution in [2.24, 2.45) is 5.73 Å². The normalized spacial score (nSPS) is 12.7. The molecular weight excluding hydrogens is 334 g/mol. The summed E-state index contributed by atoms with van der Waals surface area (Å²) in [6.45, 7) is 0. The highest BCUT2D eigenvalue weighted by molar-refractivity contribution is 5.82. The zero-order valence-electron chi connectivity index (χ0n) is 11.5. The van der Waals surface area contributed by atoms with E-state index < -0.39 is 35.8 Å². The molecule has 0 radical (unpaired) electrons. The number of alkyl halides is 6. The van der Waals surface area contributed by atoms with E-state index in [1.165, 1.54) is 19.2 Å². The van der Waals surface area contributed by atoms with Gasteiger partial charge in [0.05, 0.1) is 5.56 Å². The number of carbonyl (C=O) groups excluding carboxylic acids is 1. The third-order valence-corrected chi connectivity index (χ3v) is 2.34. The topological polar surface area (TPSA) is 92.4 Å². The maximum Gasteiger partial charge on any atom is 0.490 e. The second-order valence-electron chi connectivity index (χ2n) is 4.02. The molecule has 0 saturated heterocycles. The maximum atomic E-state index is 12.4. The van der Waals surface area contributed by atoms with E-state index in [0.29, 0.717) is 0 Å². The Balaban J connectivity index is 0.000000585. The summed E-state index contributed by atoms with van der Waals surface area (Å²) in [6.07, 6.45) is -9.52. The van der Waals surface area contributed by atoms with Gasteiger partial charge in [-0.15, -0.1) is 0 Å². The van der Waals surface area contributed by atoms with Crippen LogP contribution in [0, 0.1) is 0 Å². The molecular formula is C12H12F6N2O3. The van der Waals surface area contributed by atoms with Crippen molar-refractivity contribution in [1.82, 2.24) is 5.32 Å². The zero-order valence-corrected chi connectivity index (χ0v) is 11.5. The number of hydrogen-bond acceptors (Lipinski definition) is 3. The third kappa shape index (κ3) is 7.00. The summed E-state index contributed by atoms with van der Waals surface area (Å²) in [7, 11) is 1.37. The van der Waals surface area contributed by atoms with Crippen LogP contribution in [0.15, 0.2) is 24.3 Å². The second-order valence-corrected chi connectivity index (χ2v) is 4.02. The largest absolute Gasteiger partial charge is 0.490 e. The maximum absolute atomic E-state index is 12.4. The fourth-order valence-electron chi connectivity index (χ4n) is 1.22. The van der Waals surface area contributed by atoms with Gasteiger partial charge in [0.25, 0.3) is 0 Å². The minimum absolute atomic E-state index is 0.133. The summed E-state index contributed by atoms with van der Waals surface area (Å²) in [5.41, 5.74) is 4.80. The van der Waals surface area contributed by atoms with Crippen molar-refractivity contribution in [2.75, 3.05) is 7.05 Å². The third-order valence-electron chi connectivity index (χ3n) is 2.34. The second kappa shape index (κ2) is 7.81. The monoisotopic (exact) mass is 346 g/mol. The van der Waals surface area contributed by atoms with Gasteiger partial charge >= 0.3 is 18.3 Å². The molecule has 1 amide bonds. The van der Waals surface area contributed by atoms with Crippen LogP contribution in [-0.4, -0.2) is 30.2 Å². The molecule has 1 atom stereocenters. The molecule has 0 aliphatic heterocycles. The average Bonchev–Trinajstić information content (AvgIpc) is 2.44. The Bertz CT molecular complexity index is 556. The van der Waals surface area contributed by atoms with E-state index in [9.17, 15) is 31.1 Å². The molecule has 0 aromatic heterocycles. The van der Waals surface area contributed by atoms with Crippen LogP contribution in [0.25, 0.3) is 0 Å². The molecule has 1 aromatic carbocycles. The molecule has 11 heteroatoms. The summed E-state index contributed by atoms with van der Waals surface area (Å²) in [5.74, 6) is -3.29. The number of carboxylic acid groups (broad SMARTS) is 1. The van der Waals surface area contributed by atoms with Gasteiger partial charge in [0.2, 0.25) is 5.91 Å². The molecule has 0 heterocycles. The fraction of sp³-hybridized carbons (Fsp3) is 0.333. The SMILES string of the molecule is CNC(=O)C(N)c1cccc(C(F)(F)F)c1.O=C(O)C(F)(F)F. The lowest BCUT2D eigenvalue weighted by atomic mass is 10.0. The van der Waals surface area contributed by atoms with E-state index in [-0.39, 0.29) is 5.56 Å². The van der Waals surface area contributed by atoms with Gasteiger partial charge in [-0.1, -0.05) is 12.1 Å². The van der Waals surface area contributed by atoms with Crippen molar-refractivity contribution in [2.45, 2.75) is 18.4 Å². The van der Waals surface area contributed by atoms with Gasteiger partial charge in [0, 0.05) is 7.05 Å². The van der Waals surface area contributed by atoms with Crippen molar-refractivity contribution < 1.29 is 41.0 Å². The van der Waals surface area contributed by atoms with Crippen LogP contribution in [0.3, 0.4) is 0 Å². The number of aliphatic carboxylic acids is 1. The zero-order chi connectivity index (χ0) is 18.4. The van der Waals surface area contributed by atoms with Crippen LogP contribution in [0.4, 0.5) is 26.3 Å². The number of carboxylic acids is 1. The molecule has 0 fully saturated rings. The molecule has 0 aliphatic rings. The number of amides is 1. The highest BCUT2D eigenvalue weighted by Crippen LogP contribution is 2.30. The Labute approximate surface area is 126 Å². The molecule has 23 heavy (non-hydrogen) atoms. The van der Waals surface area contributed by atoms with E-state index in [2.05, 4.69) is 5.32 Å². The summed E-state index contributed by atoms with van der Waals surface area (Å²) in [4.78, 5) is 20.1. The highest BCUT2D eigenvalue weighted by atomic mass is 19.4. The number of benzene rings is 1. The number of rotatable bonds is 2. The quantitative estimate of drug-likeness (QED) is 0.715. The van der Waals surface area contributed by atoms with Gasteiger partial charge in [0.1, 0.15) is 6.04 Å². The number of hydrogen-bond donors (Lipinski definition) is 3. The van der Waals surface area contributed by atoms with Crippen molar-refractivity contribution >= 4 is 11.9 Å². The number of nitrogens with two attached hydrogens (primary N) is 1. The first-order chi connectivity index (χ1) is 10.3. The molecule has 0 aliphatic carbocycles. The van der Waals surface area contributed by atoms with Crippen LogP contribution in [0.1, 0.15) is 17.2 Å². The molecule has 1 aromatic rings. The first-order valence-electron chi connectivity index (χ1n) is 5.75. The van der Waals surface area contributed by atoms with Gasteiger partial charge < -0.3 is 16.2 Å². The van der Waals surface area contributed by atoms with Crippen LogP contribution >= 0.6 is 0 Å². The lowest BCUT2D eigenvalue weighted by Crippen LogP contribution is -2.31. The van der Waals surface area contributed by atoms with Gasteiger partial charge in [-0.2, -0.15) is 26.3 Å². The van der Waals surface area contributed by atoms with E-state index in [1.807, 2.05) is 0 Å². The summed E-state index contributed by atoms with van der Waals surface area (Å²) >= 11 is 0. The summed E-state index contributed by atoms with van der Waals surface area (Å²) in [5, 5.41) is 9.40. The standard InChI is InChI=1S/C10H11F3N2O.C2HF3O2/c1-15-9(16)8(14)6-3-2-4-7(5-6)10(11,12)13;3-2(4,5)1(6)7/h2-5,8H,14H2,1H3,(H,15,16);(H,6,7). The molecule has 0 saturated carbocycles. The van der Waals surface area contributed by atoms with E-state index >= 15 is 0 Å². The first-order valence-corrected chi connectivity index (χ1v) is 5.75. The van der Waals surface area contributed by atoms with Crippen LogP contribution in [-0.2, 0) is 15.8 Å². The van der Waals surface area contributed by atoms with Gasteiger partial charge in [-0.05, 0) is 17.7 Å². The lowest BCUT2D eigenvalue weighted by molar-refractivity contribution is -0.192. The van der Waals surface area contributed by atoms with Crippen molar-refractivity contribution in [3.8, 4) is 0 Å². The van der Waals surface area contributed by atoms with Crippen molar-refractivity contribution in [3.05, 3.63) is 35.4 Å². The molecule has 0 spiro atoms. The smallest absolute Gasteiger partial charge is 0.475 e. The Hall–Kier alpha value is -2.30. The molecule has 130 valence electrons. The van der Waals surface area contributed by atoms with E-state index in [1.54, 1.807) is 0 Å². The molecule has 5 nitrogen and oxygen atoms in total. The van der Waals surface area contributed by atoms with Crippen LogP contribution in [0.2, 0.25) is 0 Å². The number of likely N-dealkylation sites (N-methyl/N-ethyl adjacent to an activating group) is 1. The van der Waals surface area contributed by atoms with Gasteiger partial charge in [-0.25, -0.2) is 4.79 Å². The summed E-state index contributed by atoms with van der Waals surface area (Å²) < 4.78 is 68.9. The Morgan fingerprint density at radius 2 is 1.65 bits per heavy atom. The van der Waals surface area contributed by atoms with Crippen molar-refractivity contribution in [1.29, 1.82) is 0 Å². The van der Waals surface area contributed by atoms with E-state index in [0.717, 1.165) is 12.1 Å². The number of carbonyl (C=O) groups is 2. The summed E-state index contributed by atoms with van der Waals surface area (Å²) in [6, 6.07) is 3.32. The number of nitrogens with one attached hydrogen (secondary N) is 1. The molecule has 1 unspecified atom stereocenters. The Morgan fingerprint density at radius 1 is 1.17 bits per heavy atom. The Morgan fingerprint density at radius 3 is 2.00 bits per heavy atom. The lowest BCUT2D eigenvalue weighted by Gasteiger charge is -2.13. The predicted molar refractivity (Wildman–Crippen MR) is 66.1 cm³/mol. The van der Waals surface area contributed by atoms with Crippen molar-refractivity contribution in [3.63, 3.8) is 0 Å². The van der Waals surface area contributed by atoms with Crippen LogP contribution in [0.5, 0.6) is 0 Å². The number of halogens is 6. The average molecular weight is 346 g/mol. The molecule has 0 bridgehead atoms. The fourth-order valence-corrected chi connectivity index (χ4v) is 1.22. The highest BCUT2D eigenvalue weighted by Gasteiger charge is 2.38. The molecule has 1 rings (SSSR count). The first kappa shape index (κ1) is 20.7. The van der Waals surface area contributed by atoms with E-state index in [4.69, 9.17) is 15.6 Å². The van der Waals surface area contributed by atoms with Crippen LogP contribution < -0.4 is 11.1 Å².